The van der Waals surface area contributed by atoms with E-state index in [2.05, 4.69) is 31.4 Å². The zero-order valence-electron chi connectivity index (χ0n) is 11.8. The van der Waals surface area contributed by atoms with Gasteiger partial charge in [-0.15, -0.1) is 0 Å². The third-order valence-corrected chi connectivity index (χ3v) is 3.51. The number of nitrogen functional groups attached to an aromatic ring is 1. The molecule has 0 radical (unpaired) electrons. The molecule has 2 N–H and O–H groups in total. The first-order valence-corrected chi connectivity index (χ1v) is 7.15. The van der Waals surface area contributed by atoms with E-state index in [1.807, 2.05) is 0 Å². The highest BCUT2D eigenvalue weighted by Gasteiger charge is 2.08. The van der Waals surface area contributed by atoms with E-state index in [1.54, 1.807) is 0 Å². The molecule has 0 aromatic carbocycles. The number of hydrogen-bond acceptors (Lipinski definition) is 1. The van der Waals surface area contributed by atoms with Crippen LogP contribution in [0.15, 0.2) is 6.07 Å². The van der Waals surface area contributed by atoms with Crippen LogP contribution in [0.2, 0.25) is 0 Å². The number of aromatic nitrogens is 1. The summed E-state index contributed by atoms with van der Waals surface area (Å²) in [7, 11) is 0. The van der Waals surface area contributed by atoms with E-state index in [0.29, 0.717) is 0 Å². The number of unbranched alkanes of at least 4 members (excludes halogenated alkanes) is 4. The van der Waals surface area contributed by atoms with Crippen molar-refractivity contribution >= 4 is 5.69 Å². The first-order valence-electron chi connectivity index (χ1n) is 7.15. The predicted molar refractivity (Wildman–Crippen MR) is 76.3 cm³/mol. The normalized spacial score (nSPS) is 11.0. The quantitative estimate of drug-likeness (QED) is 0.670. The van der Waals surface area contributed by atoms with E-state index in [4.69, 9.17) is 5.73 Å². The van der Waals surface area contributed by atoms with E-state index < -0.39 is 0 Å². The van der Waals surface area contributed by atoms with E-state index in [-0.39, 0.29) is 0 Å². The summed E-state index contributed by atoms with van der Waals surface area (Å²) in [5, 5.41) is 0. The van der Waals surface area contributed by atoms with Crippen molar-refractivity contribution in [2.75, 3.05) is 5.73 Å². The molecular formula is C15H28N2. The molecule has 0 aliphatic rings. The average Bonchev–Trinajstić information content (AvgIpc) is 2.57. The molecule has 2 nitrogen and oxygen atoms in total. The molecule has 0 atom stereocenters. The maximum absolute atomic E-state index is 6.03. The maximum atomic E-state index is 6.03. The smallest absolute Gasteiger partial charge is 0.0526 e. The second-order valence-electron chi connectivity index (χ2n) is 4.99. The topological polar surface area (TPSA) is 30.9 Å². The van der Waals surface area contributed by atoms with E-state index >= 15 is 0 Å². The summed E-state index contributed by atoms with van der Waals surface area (Å²) in [5.41, 5.74) is 9.69. The zero-order valence-corrected chi connectivity index (χ0v) is 11.8. The van der Waals surface area contributed by atoms with E-state index in [0.717, 1.165) is 12.2 Å². The van der Waals surface area contributed by atoms with Crippen LogP contribution in [-0.4, -0.2) is 4.57 Å². The predicted octanol–water partition coefficient (Wildman–Crippen LogP) is 4.30. The molecule has 17 heavy (non-hydrogen) atoms. The fourth-order valence-electron chi connectivity index (χ4n) is 2.33. The number of rotatable bonds is 8. The van der Waals surface area contributed by atoms with Crippen LogP contribution in [-0.2, 0) is 13.0 Å². The van der Waals surface area contributed by atoms with Crippen molar-refractivity contribution in [1.82, 2.24) is 4.57 Å². The summed E-state index contributed by atoms with van der Waals surface area (Å²) < 4.78 is 2.43. The largest absolute Gasteiger partial charge is 0.397 e. The van der Waals surface area contributed by atoms with Crippen LogP contribution in [0.25, 0.3) is 0 Å². The minimum absolute atomic E-state index is 0.966. The molecule has 1 aromatic rings. The summed E-state index contributed by atoms with van der Waals surface area (Å²) in [6.07, 6.45) is 8.93. The van der Waals surface area contributed by atoms with Gasteiger partial charge in [0.15, 0.2) is 0 Å². The van der Waals surface area contributed by atoms with Gasteiger partial charge in [-0.1, -0.05) is 39.5 Å². The average molecular weight is 236 g/mol. The van der Waals surface area contributed by atoms with E-state index in [1.165, 1.54) is 56.3 Å². The first-order chi connectivity index (χ1) is 8.20. The van der Waals surface area contributed by atoms with Gasteiger partial charge < -0.3 is 10.3 Å². The van der Waals surface area contributed by atoms with Crippen LogP contribution in [0, 0.1) is 6.92 Å². The second kappa shape index (κ2) is 7.41. The molecule has 1 rings (SSSR count). The fourth-order valence-corrected chi connectivity index (χ4v) is 2.33. The highest BCUT2D eigenvalue weighted by Crippen LogP contribution is 2.20. The van der Waals surface area contributed by atoms with Crippen molar-refractivity contribution in [3.8, 4) is 0 Å². The van der Waals surface area contributed by atoms with Gasteiger partial charge >= 0.3 is 0 Å². The fraction of sp³-hybridized carbons (Fsp3) is 0.733. The number of nitrogens with two attached hydrogens (primary N) is 1. The Morgan fingerprint density at radius 2 is 1.71 bits per heavy atom. The van der Waals surface area contributed by atoms with Crippen molar-refractivity contribution in [2.45, 2.75) is 72.3 Å². The summed E-state index contributed by atoms with van der Waals surface area (Å²) in [6.45, 7) is 7.78. The molecule has 0 spiro atoms. The Bertz CT molecular complexity index is 326. The lowest BCUT2D eigenvalue weighted by Crippen LogP contribution is -2.05. The van der Waals surface area contributed by atoms with Gasteiger partial charge in [-0.2, -0.15) is 0 Å². The van der Waals surface area contributed by atoms with Crippen LogP contribution in [0.4, 0.5) is 5.69 Å². The molecule has 2 heteroatoms. The van der Waals surface area contributed by atoms with Crippen LogP contribution in [0.1, 0.15) is 63.8 Å². The van der Waals surface area contributed by atoms with Crippen LogP contribution in [0.5, 0.6) is 0 Å². The summed E-state index contributed by atoms with van der Waals surface area (Å²) in [5.74, 6) is 0. The molecule has 0 aliphatic carbocycles. The zero-order chi connectivity index (χ0) is 12.7. The highest BCUT2D eigenvalue weighted by molar-refractivity contribution is 5.46. The number of nitrogens with zero attached hydrogens (tertiary/aromatic N) is 1. The lowest BCUT2D eigenvalue weighted by atomic mass is 10.1. The SMILES string of the molecule is CCCCCc1cc(N)c(C)n1CCCCC. The van der Waals surface area contributed by atoms with Crippen molar-refractivity contribution < 1.29 is 0 Å². The second-order valence-corrected chi connectivity index (χ2v) is 4.99. The van der Waals surface area contributed by atoms with Gasteiger partial charge in [-0.25, -0.2) is 0 Å². The Morgan fingerprint density at radius 1 is 1.06 bits per heavy atom. The first kappa shape index (κ1) is 14.1. The lowest BCUT2D eigenvalue weighted by molar-refractivity contribution is 0.567. The minimum Gasteiger partial charge on any atom is -0.397 e. The number of anilines is 1. The van der Waals surface area contributed by atoms with Crippen molar-refractivity contribution in [2.24, 2.45) is 0 Å². The molecule has 0 saturated heterocycles. The Kier molecular flexibility index (Phi) is 6.17. The van der Waals surface area contributed by atoms with Crippen LogP contribution in [0.3, 0.4) is 0 Å². The monoisotopic (exact) mass is 236 g/mol. The molecule has 0 bridgehead atoms. The van der Waals surface area contributed by atoms with E-state index in [9.17, 15) is 0 Å². The third-order valence-electron chi connectivity index (χ3n) is 3.51. The molecule has 0 fully saturated rings. The van der Waals surface area contributed by atoms with Crippen molar-refractivity contribution in [3.63, 3.8) is 0 Å². The van der Waals surface area contributed by atoms with Crippen molar-refractivity contribution in [1.29, 1.82) is 0 Å². The van der Waals surface area contributed by atoms with Gasteiger partial charge in [-0.3, -0.25) is 0 Å². The third kappa shape index (κ3) is 4.10. The molecule has 1 heterocycles. The van der Waals surface area contributed by atoms with Gasteiger partial charge in [-0.05, 0) is 32.3 Å². The molecule has 0 saturated carbocycles. The molecule has 98 valence electrons. The molecule has 0 unspecified atom stereocenters. The Balaban J connectivity index is 2.63. The van der Waals surface area contributed by atoms with Crippen LogP contribution >= 0.6 is 0 Å². The number of hydrogen-bond donors (Lipinski definition) is 1. The summed E-state index contributed by atoms with van der Waals surface area (Å²) in [6, 6.07) is 2.18. The highest BCUT2D eigenvalue weighted by atomic mass is 15.0. The summed E-state index contributed by atoms with van der Waals surface area (Å²) >= 11 is 0. The Labute approximate surface area is 106 Å². The van der Waals surface area contributed by atoms with Gasteiger partial charge in [0.2, 0.25) is 0 Å². The maximum Gasteiger partial charge on any atom is 0.0526 e. The van der Waals surface area contributed by atoms with Gasteiger partial charge in [0.1, 0.15) is 0 Å². The van der Waals surface area contributed by atoms with Gasteiger partial charge in [0.25, 0.3) is 0 Å². The van der Waals surface area contributed by atoms with Crippen LogP contribution < -0.4 is 5.73 Å². The molecule has 1 aromatic heterocycles. The summed E-state index contributed by atoms with van der Waals surface area (Å²) in [4.78, 5) is 0. The molecule has 0 aliphatic heterocycles. The van der Waals surface area contributed by atoms with Gasteiger partial charge in [0.05, 0.1) is 5.69 Å². The van der Waals surface area contributed by atoms with Gasteiger partial charge in [0, 0.05) is 17.9 Å². The minimum atomic E-state index is 0.966. The lowest BCUT2D eigenvalue weighted by Gasteiger charge is -2.11. The van der Waals surface area contributed by atoms with Crippen molar-refractivity contribution in [3.05, 3.63) is 17.5 Å². The number of aryl methyl sites for hydroxylation is 1. The molecular weight excluding hydrogens is 208 g/mol. The Morgan fingerprint density at radius 3 is 2.35 bits per heavy atom. The Hall–Kier alpha value is -0.920. The standard InChI is InChI=1S/C15H28N2/c1-4-6-8-10-14-12-15(16)13(3)17(14)11-9-7-5-2/h12H,4-11,16H2,1-3H3. The molecule has 0 amide bonds.